The van der Waals surface area contributed by atoms with Crippen LogP contribution >= 0.6 is 0 Å². The third-order valence-corrected chi connectivity index (χ3v) is 4.92. The molecule has 0 amide bonds. The van der Waals surface area contributed by atoms with Crippen LogP contribution in [0.4, 0.5) is 0 Å². The summed E-state index contributed by atoms with van der Waals surface area (Å²) < 4.78 is 1.66. The van der Waals surface area contributed by atoms with Crippen LogP contribution in [0.25, 0.3) is 10.9 Å². The molecule has 0 fully saturated rings. The van der Waals surface area contributed by atoms with E-state index in [0.717, 1.165) is 0 Å². The van der Waals surface area contributed by atoms with E-state index in [1.165, 1.54) is 0 Å². The molecule has 5 nitrogen and oxygen atoms in total. The number of nitrogens with zero attached hydrogens (tertiary/aromatic N) is 3. The summed E-state index contributed by atoms with van der Waals surface area (Å²) in [5.41, 5.74) is -0.887. The van der Waals surface area contributed by atoms with E-state index in [2.05, 4.69) is 4.98 Å². The van der Waals surface area contributed by atoms with Gasteiger partial charge >= 0.3 is 0 Å². The minimum atomic E-state index is -1.12. The first-order valence-corrected chi connectivity index (χ1v) is 7.61. The quantitative estimate of drug-likeness (QED) is 0.810. The largest absolute Gasteiger partial charge is 0.373 e. The number of para-hydroxylation sites is 1. The number of hydrogen-bond acceptors (Lipinski definition) is 4. The lowest BCUT2D eigenvalue weighted by molar-refractivity contribution is -0.213. The van der Waals surface area contributed by atoms with Crippen molar-refractivity contribution < 1.29 is 5.11 Å². The van der Waals surface area contributed by atoms with Crippen LogP contribution in [0.15, 0.2) is 29.1 Å². The van der Waals surface area contributed by atoms with Crippen LogP contribution in [-0.2, 0) is 6.54 Å². The number of hydrogen-bond donors (Lipinski definition) is 1. The number of rotatable bonds is 0. The van der Waals surface area contributed by atoms with Gasteiger partial charge in [0.1, 0.15) is 11.5 Å². The lowest BCUT2D eigenvalue weighted by Gasteiger charge is -2.53. The molecular formula is C17H23N3O2. The normalized spacial score (nSPS) is 26.2. The molecule has 22 heavy (non-hydrogen) atoms. The first kappa shape index (κ1) is 15.2. The highest BCUT2D eigenvalue weighted by atomic mass is 16.3. The van der Waals surface area contributed by atoms with E-state index in [1.54, 1.807) is 10.6 Å². The summed E-state index contributed by atoms with van der Waals surface area (Å²) in [6.07, 6.45) is 0. The maximum Gasteiger partial charge on any atom is 0.261 e. The summed E-state index contributed by atoms with van der Waals surface area (Å²) in [5.74, 6) is 0.702. The van der Waals surface area contributed by atoms with Gasteiger partial charge in [0.2, 0.25) is 0 Å². The highest BCUT2D eigenvalue weighted by Crippen LogP contribution is 2.44. The van der Waals surface area contributed by atoms with Gasteiger partial charge in [-0.2, -0.15) is 0 Å². The number of aromatic nitrogens is 2. The van der Waals surface area contributed by atoms with E-state index in [-0.39, 0.29) is 11.6 Å². The number of benzene rings is 1. The molecule has 0 saturated heterocycles. The van der Waals surface area contributed by atoms with Gasteiger partial charge in [0.05, 0.1) is 23.5 Å². The zero-order valence-electron chi connectivity index (χ0n) is 13.8. The van der Waals surface area contributed by atoms with Crippen molar-refractivity contribution in [2.45, 2.75) is 46.0 Å². The molecule has 2 heterocycles. The second-order valence-corrected chi connectivity index (χ2v) is 7.23. The molecule has 1 aromatic carbocycles. The Morgan fingerprint density at radius 3 is 2.59 bits per heavy atom. The fourth-order valence-electron chi connectivity index (χ4n) is 3.73. The van der Waals surface area contributed by atoms with Crippen molar-refractivity contribution in [3.8, 4) is 0 Å². The van der Waals surface area contributed by atoms with Crippen molar-refractivity contribution in [2.75, 3.05) is 7.05 Å². The molecule has 1 aliphatic heterocycles. The monoisotopic (exact) mass is 301 g/mol. The molecule has 1 aliphatic rings. The van der Waals surface area contributed by atoms with E-state index in [4.69, 9.17) is 0 Å². The fraction of sp³-hybridized carbons (Fsp3) is 0.529. The second kappa shape index (κ2) is 4.64. The molecule has 118 valence electrons. The Kier molecular flexibility index (Phi) is 3.20. The van der Waals surface area contributed by atoms with E-state index < -0.39 is 11.1 Å². The first-order valence-electron chi connectivity index (χ1n) is 7.61. The summed E-state index contributed by atoms with van der Waals surface area (Å²) in [6, 6.07) is 6.98. The Bertz CT molecular complexity index is 791. The Balaban J connectivity index is 2.31. The third-order valence-electron chi connectivity index (χ3n) is 4.92. The zero-order chi connectivity index (χ0) is 16.3. The average Bonchev–Trinajstić information content (AvgIpc) is 2.43. The molecule has 0 spiro atoms. The molecule has 2 atom stereocenters. The van der Waals surface area contributed by atoms with Gasteiger partial charge in [-0.05, 0) is 26.1 Å². The predicted molar refractivity (Wildman–Crippen MR) is 86.6 cm³/mol. The molecule has 0 unspecified atom stereocenters. The van der Waals surface area contributed by atoms with E-state index in [1.807, 2.05) is 57.8 Å². The van der Waals surface area contributed by atoms with Crippen LogP contribution in [0.5, 0.6) is 0 Å². The van der Waals surface area contributed by atoms with Crippen molar-refractivity contribution in [1.29, 1.82) is 0 Å². The minimum absolute atomic E-state index is 0.0797. The molecule has 0 aliphatic carbocycles. The number of fused-ring (bicyclic) bond motifs is 2. The summed E-state index contributed by atoms with van der Waals surface area (Å²) in [7, 11) is 1.88. The predicted octanol–water partition coefficient (Wildman–Crippen LogP) is 2.14. The lowest BCUT2D eigenvalue weighted by Crippen LogP contribution is -2.64. The van der Waals surface area contributed by atoms with E-state index in [9.17, 15) is 9.90 Å². The van der Waals surface area contributed by atoms with Crippen LogP contribution in [0.1, 0.15) is 39.6 Å². The van der Waals surface area contributed by atoms with Gasteiger partial charge in [0.15, 0.2) is 0 Å². The Hall–Kier alpha value is -1.72. The van der Waals surface area contributed by atoms with Crippen LogP contribution in [0.2, 0.25) is 0 Å². The minimum Gasteiger partial charge on any atom is -0.373 e. The van der Waals surface area contributed by atoms with Gasteiger partial charge in [0, 0.05) is 5.41 Å². The lowest BCUT2D eigenvalue weighted by atomic mass is 9.76. The molecular weight excluding hydrogens is 278 g/mol. The van der Waals surface area contributed by atoms with Gasteiger partial charge in [-0.15, -0.1) is 0 Å². The molecule has 0 saturated carbocycles. The third kappa shape index (κ3) is 1.85. The second-order valence-electron chi connectivity index (χ2n) is 7.23. The number of aliphatic hydroxyl groups is 1. The van der Waals surface area contributed by atoms with Gasteiger partial charge in [-0.3, -0.25) is 14.3 Å². The van der Waals surface area contributed by atoms with Crippen molar-refractivity contribution in [3.05, 3.63) is 40.4 Å². The Morgan fingerprint density at radius 1 is 1.32 bits per heavy atom. The van der Waals surface area contributed by atoms with Crippen molar-refractivity contribution >= 4 is 10.9 Å². The van der Waals surface area contributed by atoms with Crippen LogP contribution in [0.3, 0.4) is 0 Å². The Labute approximate surface area is 130 Å². The maximum absolute atomic E-state index is 12.9. The van der Waals surface area contributed by atoms with Crippen LogP contribution < -0.4 is 5.56 Å². The molecule has 0 radical (unpaired) electrons. The van der Waals surface area contributed by atoms with Gasteiger partial charge in [0.25, 0.3) is 5.56 Å². The molecule has 0 bridgehead atoms. The van der Waals surface area contributed by atoms with Crippen LogP contribution in [0, 0.1) is 5.41 Å². The van der Waals surface area contributed by atoms with E-state index in [0.29, 0.717) is 23.3 Å². The van der Waals surface area contributed by atoms with Gasteiger partial charge in [-0.1, -0.05) is 32.9 Å². The molecule has 2 aromatic rings. The molecule has 1 N–H and O–H groups in total. The molecule has 5 heteroatoms. The van der Waals surface area contributed by atoms with Crippen molar-refractivity contribution in [1.82, 2.24) is 14.5 Å². The summed E-state index contributed by atoms with van der Waals surface area (Å²) in [6.45, 7) is 8.31. The van der Waals surface area contributed by atoms with Gasteiger partial charge in [-0.25, -0.2) is 4.98 Å². The van der Waals surface area contributed by atoms with E-state index >= 15 is 0 Å². The van der Waals surface area contributed by atoms with Crippen molar-refractivity contribution in [2.24, 2.45) is 5.41 Å². The molecule has 1 aromatic heterocycles. The van der Waals surface area contributed by atoms with Gasteiger partial charge < -0.3 is 5.11 Å². The number of likely N-dealkylation sites (N-methyl/N-ethyl adjacent to an activating group) is 1. The summed E-state index contributed by atoms with van der Waals surface area (Å²) >= 11 is 0. The first-order chi connectivity index (χ1) is 10.2. The summed E-state index contributed by atoms with van der Waals surface area (Å²) in [5, 5.41) is 11.9. The zero-order valence-corrected chi connectivity index (χ0v) is 13.8. The average molecular weight is 301 g/mol. The highest BCUT2D eigenvalue weighted by Gasteiger charge is 2.52. The fourth-order valence-corrected chi connectivity index (χ4v) is 3.73. The van der Waals surface area contributed by atoms with Crippen molar-refractivity contribution in [3.63, 3.8) is 0 Å². The maximum atomic E-state index is 12.9. The SMILES string of the molecule is C[C@@H]1n2c(nc3ccccc3c2=O)CN(C)[C@@]1(O)C(C)(C)C. The topological polar surface area (TPSA) is 58.4 Å². The highest BCUT2D eigenvalue weighted by molar-refractivity contribution is 5.77. The van der Waals surface area contributed by atoms with Crippen LogP contribution in [-0.4, -0.2) is 32.3 Å². The Morgan fingerprint density at radius 2 is 1.95 bits per heavy atom. The molecule has 3 rings (SSSR count). The summed E-state index contributed by atoms with van der Waals surface area (Å²) in [4.78, 5) is 19.4. The smallest absolute Gasteiger partial charge is 0.261 e. The standard InChI is InChI=1S/C17H23N3O2/c1-11-17(22,16(2,3)4)19(5)10-14-18-13-9-7-6-8-12(13)15(21)20(11)14/h6-9,11,22H,10H2,1-5H3/t11-,17-/m0/s1.